The van der Waals surface area contributed by atoms with Gasteiger partial charge in [-0.3, -0.25) is 14.5 Å². The molecule has 0 atom stereocenters. The van der Waals surface area contributed by atoms with E-state index < -0.39 is 0 Å². The fourth-order valence-electron chi connectivity index (χ4n) is 2.91. The summed E-state index contributed by atoms with van der Waals surface area (Å²) in [6, 6.07) is 16.5. The maximum atomic E-state index is 12.7. The molecule has 3 aromatic rings. The van der Waals surface area contributed by atoms with Crippen molar-refractivity contribution < 1.29 is 14.0 Å². The van der Waals surface area contributed by atoms with E-state index >= 15 is 0 Å². The summed E-state index contributed by atoms with van der Waals surface area (Å²) < 4.78 is 5.80. The molecule has 0 N–H and O–H groups in total. The molecule has 0 bridgehead atoms. The second kappa shape index (κ2) is 8.11. The van der Waals surface area contributed by atoms with Gasteiger partial charge >= 0.3 is 0 Å². The number of imide groups is 1. The number of aryl methyl sites for hydroxylation is 1. The summed E-state index contributed by atoms with van der Waals surface area (Å²) in [6.45, 7) is 2.23. The number of amides is 2. The van der Waals surface area contributed by atoms with Crippen molar-refractivity contribution in [1.29, 1.82) is 0 Å². The van der Waals surface area contributed by atoms with Gasteiger partial charge in [-0.05, 0) is 48.5 Å². The third-order valence-electron chi connectivity index (χ3n) is 4.45. The van der Waals surface area contributed by atoms with Crippen LogP contribution in [0.2, 0.25) is 10.0 Å². The van der Waals surface area contributed by atoms with Crippen LogP contribution in [0.25, 0.3) is 17.4 Å². The first-order valence-corrected chi connectivity index (χ1v) is 10.3. The molecule has 1 fully saturated rings. The molecule has 0 saturated carbocycles. The molecule has 1 aromatic heterocycles. The number of nitrogens with zero attached hydrogens (tertiary/aromatic N) is 1. The number of carbonyl (C=O) groups is 2. The number of rotatable bonds is 4. The van der Waals surface area contributed by atoms with E-state index in [1.165, 1.54) is 4.90 Å². The zero-order chi connectivity index (χ0) is 20.5. The molecule has 0 radical (unpaired) electrons. The molecule has 4 nitrogen and oxygen atoms in total. The number of furan rings is 1. The molecule has 2 heterocycles. The van der Waals surface area contributed by atoms with E-state index in [-0.39, 0.29) is 17.7 Å². The minimum absolute atomic E-state index is 0.240. The van der Waals surface area contributed by atoms with Gasteiger partial charge in [0.1, 0.15) is 11.5 Å². The summed E-state index contributed by atoms with van der Waals surface area (Å²) >= 11 is 13.2. The Morgan fingerprint density at radius 3 is 2.55 bits per heavy atom. The minimum Gasteiger partial charge on any atom is -0.457 e. The Hall–Kier alpha value is -2.47. The molecule has 146 valence electrons. The number of halogens is 2. The van der Waals surface area contributed by atoms with Crippen molar-refractivity contribution in [2.45, 2.75) is 13.5 Å². The second-order valence-corrected chi connectivity index (χ2v) is 8.34. The first-order chi connectivity index (χ1) is 13.9. The quantitative estimate of drug-likeness (QED) is 0.416. The van der Waals surface area contributed by atoms with Gasteiger partial charge in [-0.25, -0.2) is 0 Å². The fraction of sp³-hybridized carbons (Fsp3) is 0.0909. The number of thioether (sulfide) groups is 1. The van der Waals surface area contributed by atoms with Crippen LogP contribution in [0.5, 0.6) is 0 Å². The van der Waals surface area contributed by atoms with E-state index in [4.69, 9.17) is 27.6 Å². The lowest BCUT2D eigenvalue weighted by Crippen LogP contribution is -2.27. The Morgan fingerprint density at radius 2 is 1.79 bits per heavy atom. The highest BCUT2D eigenvalue weighted by molar-refractivity contribution is 8.18. The van der Waals surface area contributed by atoms with Crippen molar-refractivity contribution in [2.75, 3.05) is 0 Å². The van der Waals surface area contributed by atoms with Crippen LogP contribution in [0.1, 0.15) is 16.9 Å². The monoisotopic (exact) mass is 443 g/mol. The highest BCUT2D eigenvalue weighted by Crippen LogP contribution is 2.37. The number of carbonyl (C=O) groups excluding carboxylic acids is 2. The molecular formula is C22H15Cl2NO3S. The van der Waals surface area contributed by atoms with E-state index in [0.29, 0.717) is 32.0 Å². The Morgan fingerprint density at radius 1 is 1.03 bits per heavy atom. The molecule has 4 rings (SSSR count). The Kier molecular flexibility index (Phi) is 5.54. The third kappa shape index (κ3) is 4.13. The van der Waals surface area contributed by atoms with Crippen LogP contribution in [0.3, 0.4) is 0 Å². The normalized spacial score (nSPS) is 15.6. The largest absolute Gasteiger partial charge is 0.457 e. The minimum atomic E-state index is -0.334. The summed E-state index contributed by atoms with van der Waals surface area (Å²) in [5.74, 6) is 0.652. The lowest BCUT2D eigenvalue weighted by Gasteiger charge is -2.12. The van der Waals surface area contributed by atoms with Crippen LogP contribution >= 0.6 is 35.0 Å². The molecule has 1 aliphatic heterocycles. The molecular weight excluding hydrogens is 429 g/mol. The van der Waals surface area contributed by atoms with Crippen molar-refractivity contribution >= 4 is 52.2 Å². The average Bonchev–Trinajstić information content (AvgIpc) is 3.26. The first-order valence-electron chi connectivity index (χ1n) is 8.77. The molecule has 2 aromatic carbocycles. The number of hydrogen-bond acceptors (Lipinski definition) is 4. The predicted octanol–water partition coefficient (Wildman–Crippen LogP) is 6.80. The lowest BCUT2D eigenvalue weighted by molar-refractivity contribution is -0.123. The molecule has 0 aliphatic carbocycles. The van der Waals surface area contributed by atoms with Crippen LogP contribution in [0.4, 0.5) is 4.79 Å². The fourth-order valence-corrected chi connectivity index (χ4v) is 4.12. The highest BCUT2D eigenvalue weighted by atomic mass is 35.5. The lowest BCUT2D eigenvalue weighted by atomic mass is 10.1. The highest BCUT2D eigenvalue weighted by Gasteiger charge is 2.35. The molecule has 0 spiro atoms. The van der Waals surface area contributed by atoms with Crippen molar-refractivity contribution in [3.8, 4) is 11.3 Å². The van der Waals surface area contributed by atoms with Crippen LogP contribution in [-0.2, 0) is 11.3 Å². The Bertz CT molecular complexity index is 1140. The zero-order valence-electron chi connectivity index (χ0n) is 15.3. The number of benzene rings is 2. The van der Waals surface area contributed by atoms with E-state index in [1.807, 2.05) is 31.2 Å². The summed E-state index contributed by atoms with van der Waals surface area (Å²) in [6.07, 6.45) is 1.57. The SMILES string of the molecule is Cc1ccc(CN2C(=O)S/C(=C\c3ccc(-c4cccc(Cl)c4Cl)o3)C2=O)cc1. The van der Waals surface area contributed by atoms with E-state index in [0.717, 1.165) is 22.9 Å². The van der Waals surface area contributed by atoms with Crippen LogP contribution in [0, 0.1) is 6.92 Å². The Labute approximate surface area is 182 Å². The molecule has 7 heteroatoms. The van der Waals surface area contributed by atoms with Crippen molar-refractivity contribution in [1.82, 2.24) is 4.90 Å². The van der Waals surface area contributed by atoms with Crippen molar-refractivity contribution in [2.24, 2.45) is 0 Å². The average molecular weight is 444 g/mol. The smallest absolute Gasteiger partial charge is 0.293 e. The van der Waals surface area contributed by atoms with Gasteiger partial charge in [-0.2, -0.15) is 0 Å². The first kappa shape index (κ1) is 19.8. The maximum absolute atomic E-state index is 12.7. The van der Waals surface area contributed by atoms with Gasteiger partial charge in [0.05, 0.1) is 21.5 Å². The van der Waals surface area contributed by atoms with Crippen LogP contribution < -0.4 is 0 Å². The number of hydrogen-bond donors (Lipinski definition) is 0. The van der Waals surface area contributed by atoms with Gasteiger partial charge in [0.2, 0.25) is 0 Å². The molecule has 2 amide bonds. The van der Waals surface area contributed by atoms with E-state index in [9.17, 15) is 9.59 Å². The van der Waals surface area contributed by atoms with Crippen LogP contribution in [0.15, 0.2) is 63.9 Å². The third-order valence-corrected chi connectivity index (χ3v) is 6.18. The molecule has 1 aliphatic rings. The van der Waals surface area contributed by atoms with E-state index in [1.54, 1.807) is 36.4 Å². The predicted molar refractivity (Wildman–Crippen MR) is 117 cm³/mol. The van der Waals surface area contributed by atoms with Crippen molar-refractivity contribution in [3.63, 3.8) is 0 Å². The van der Waals surface area contributed by atoms with Gasteiger partial charge in [-0.1, -0.05) is 59.1 Å². The molecule has 1 saturated heterocycles. The van der Waals surface area contributed by atoms with Crippen molar-refractivity contribution in [3.05, 3.63) is 86.4 Å². The maximum Gasteiger partial charge on any atom is 0.293 e. The molecule has 0 unspecified atom stereocenters. The van der Waals surface area contributed by atoms with Gasteiger partial charge < -0.3 is 4.42 Å². The van der Waals surface area contributed by atoms with Gasteiger partial charge in [0.25, 0.3) is 11.1 Å². The van der Waals surface area contributed by atoms with Gasteiger partial charge in [0, 0.05) is 11.6 Å². The topological polar surface area (TPSA) is 50.5 Å². The Balaban J connectivity index is 1.55. The standard InChI is InChI=1S/C22H15Cl2NO3S/c1-13-5-7-14(8-6-13)12-25-21(26)19(29-22(25)27)11-15-9-10-18(28-15)16-3-2-4-17(23)20(16)24/h2-11H,12H2,1H3/b19-11-. The van der Waals surface area contributed by atoms with Gasteiger partial charge in [0.15, 0.2) is 0 Å². The zero-order valence-corrected chi connectivity index (χ0v) is 17.6. The second-order valence-electron chi connectivity index (χ2n) is 6.56. The van der Waals surface area contributed by atoms with Crippen LogP contribution in [-0.4, -0.2) is 16.0 Å². The molecule has 29 heavy (non-hydrogen) atoms. The summed E-state index contributed by atoms with van der Waals surface area (Å²) in [5.41, 5.74) is 2.68. The van der Waals surface area contributed by atoms with E-state index in [2.05, 4.69) is 0 Å². The summed E-state index contributed by atoms with van der Waals surface area (Å²) in [5, 5.41) is 0.527. The summed E-state index contributed by atoms with van der Waals surface area (Å²) in [7, 11) is 0. The summed E-state index contributed by atoms with van der Waals surface area (Å²) in [4.78, 5) is 26.6. The van der Waals surface area contributed by atoms with Gasteiger partial charge in [-0.15, -0.1) is 0 Å².